The molecular weight excluding hydrogens is 1470 g/mol. The zero-order valence-corrected chi connectivity index (χ0v) is 65.8. The van der Waals surface area contributed by atoms with Crippen molar-refractivity contribution in [3.8, 4) is 0 Å². The number of hydrogen-bond donors (Lipinski definition) is 17. The van der Waals surface area contributed by atoms with Crippen LogP contribution in [-0.2, 0) is 105 Å². The van der Waals surface area contributed by atoms with Gasteiger partial charge in [0.1, 0.15) is 98.4 Å². The molecule has 0 aliphatic carbocycles. The molecule has 112 heavy (non-hydrogen) atoms. The Morgan fingerprint density at radius 3 is 1.24 bits per heavy atom. The maximum Gasteiger partial charge on any atom is 0.232 e. The average Bonchev–Trinajstić information content (AvgIpc) is 1.17. The molecule has 1 unspecified atom stereocenters. The third kappa shape index (κ3) is 27.9. The fourth-order valence-electron chi connectivity index (χ4n) is 14.6. The van der Waals surface area contributed by atoms with Crippen molar-refractivity contribution in [2.45, 2.75) is 320 Å². The Bertz CT molecular complexity index is 3250. The highest BCUT2D eigenvalue weighted by Crippen LogP contribution is 2.33. The largest absolute Gasteiger partial charge is 0.394 e. The minimum atomic E-state index is -1.41. The number of ether oxygens (including phenoxy) is 8. The van der Waals surface area contributed by atoms with Crippen LogP contribution < -0.4 is 25.3 Å². The fraction of sp³-hybridized carbons (Fsp3) is 0.847. The highest BCUT2D eigenvalue weighted by atomic mass is 16.7. The molecule has 0 bridgehead atoms. The minimum absolute atomic E-state index is 0.0199. The number of aromatic nitrogens is 12. The first-order valence-corrected chi connectivity index (χ1v) is 39.6. The summed E-state index contributed by atoms with van der Waals surface area (Å²) in [6, 6.07) is -3.06. The number of H-pyrrole nitrogens is 2. The normalized spacial score (nSPS) is 28.8. The van der Waals surface area contributed by atoms with Crippen LogP contribution in [0.15, 0.2) is 24.8 Å². The van der Waals surface area contributed by atoms with Crippen LogP contribution in [0.2, 0.25) is 0 Å². The van der Waals surface area contributed by atoms with Crippen LogP contribution >= 0.6 is 0 Å². The molecule has 4 fully saturated rings. The van der Waals surface area contributed by atoms with Crippen molar-refractivity contribution in [2.75, 3.05) is 59.4 Å². The topological polar surface area (TPSA) is 537 Å². The molecule has 0 aromatic carbocycles. The first-order valence-electron chi connectivity index (χ1n) is 39.6. The first kappa shape index (κ1) is 91.6. The van der Waals surface area contributed by atoms with Gasteiger partial charge in [0.2, 0.25) is 29.1 Å². The lowest BCUT2D eigenvalue weighted by Crippen LogP contribution is -2.64. The van der Waals surface area contributed by atoms with Crippen molar-refractivity contribution in [1.29, 1.82) is 0 Å². The Morgan fingerprint density at radius 2 is 0.839 bits per heavy atom. The van der Waals surface area contributed by atoms with E-state index in [2.05, 4.69) is 77.6 Å². The van der Waals surface area contributed by atoms with Gasteiger partial charge in [-0.3, -0.25) is 33.5 Å². The number of aromatic amines is 2. The van der Waals surface area contributed by atoms with Crippen molar-refractivity contribution in [3.05, 3.63) is 47.6 Å². The Hall–Kier alpha value is -5.91. The lowest BCUT2D eigenvalue weighted by molar-refractivity contribution is -0.754. The summed E-state index contributed by atoms with van der Waals surface area (Å²) in [7, 11) is 0. The van der Waals surface area contributed by atoms with Crippen LogP contribution in [0, 0.1) is 11.3 Å². The van der Waals surface area contributed by atoms with E-state index in [0.29, 0.717) is 91.2 Å². The maximum atomic E-state index is 12.0. The molecule has 4 saturated heterocycles. The number of aryl methyl sites for hydroxylation is 4. The van der Waals surface area contributed by atoms with E-state index in [1.54, 1.807) is 6.92 Å². The summed E-state index contributed by atoms with van der Waals surface area (Å²) in [5.41, 5.74) is 2.95. The quantitative estimate of drug-likeness (QED) is 0.0147. The standard InChI is InChI=1S/C72H125N17O23/c1-44-60(97)61(98)52(40-90)109-68(44)105-28-18-8-13-26-88-38-50(78-82-88)34-85(35-51-39-89(83-79-51)27-16-11-21-31-108-71-59(75-47(4)96)67(104)64(101)55(43-93)112-71)56(72(5,6)7)22-12-17-23-84(32-48-36-86(80-76-48)24-14-9-19-29-106-69-57(73-45(2)94)65(102)62(99)53(41-91)110-69)33-49-37-87(81-77-49)25-15-10-20-30-107-70-58(74-46(3)95)66(103)63(100)54(42-92)111-70/h36-39,44,52-71,90-93,97-104H,8-35,40-43H2,1-7H3,(H3,73,74,75,94,95,96)/p+2/t44-,52-,53-,54-,55-,56?,57-,58-,59-,60-,61+,62+,63+,64+,65-,66-,67-,68-,69-,70-,71-/m1/s1. The summed E-state index contributed by atoms with van der Waals surface area (Å²) in [6.07, 6.45) is 0.115. The first-order chi connectivity index (χ1) is 53.7. The summed E-state index contributed by atoms with van der Waals surface area (Å²) in [6.45, 7) is 16.3. The molecule has 8 heterocycles. The van der Waals surface area contributed by atoms with Gasteiger partial charge in [-0.1, -0.05) is 55.0 Å². The van der Waals surface area contributed by atoms with Crippen LogP contribution in [-0.4, -0.2) is 321 Å². The summed E-state index contributed by atoms with van der Waals surface area (Å²) in [5, 5.41) is 165. The van der Waals surface area contributed by atoms with E-state index in [-0.39, 0.29) is 31.3 Å². The predicted molar refractivity (Wildman–Crippen MR) is 390 cm³/mol. The monoisotopic (exact) mass is 1600 g/mol. The van der Waals surface area contributed by atoms with E-state index in [1.807, 2.05) is 43.5 Å². The van der Waals surface area contributed by atoms with E-state index >= 15 is 0 Å². The Balaban J connectivity index is 0.898. The van der Waals surface area contributed by atoms with E-state index < -0.39 is 167 Å². The van der Waals surface area contributed by atoms with Gasteiger partial charge >= 0.3 is 0 Å². The third-order valence-electron chi connectivity index (χ3n) is 20.8. The SMILES string of the molecule is CC(=O)N[C@H]1[C@H](OCCCCCn2cc(CN(CCCCC(N(Cc3cn(CCCCCO[C@@H]4O[C@H](CO)[C@H](O)[C@H](O)[C@H]4C)nn3)Cc3c[n+](CCCCCO[C@@H]4O[C@H](CO)[C@H](O)[C@H](O)[C@H]4NC(C)=O)[nH]n3)C(C)(C)C)Cc3c[n+](CCCCCO[C@@H]4O[C@H](CO)[C@H](O)[C@H](O)[C@H]4NC(C)=O)[nH]n3)nn2)O[C@H](CO)[C@H](O)[C@@H]1O. The van der Waals surface area contributed by atoms with Gasteiger partial charge < -0.3 is 115 Å². The molecule has 0 spiro atoms. The summed E-state index contributed by atoms with van der Waals surface area (Å²) < 4.78 is 54.2. The van der Waals surface area contributed by atoms with Crippen molar-refractivity contribution < 1.29 is 123 Å². The summed E-state index contributed by atoms with van der Waals surface area (Å²) in [4.78, 5) is 40.6. The van der Waals surface area contributed by atoms with Crippen LogP contribution in [0.3, 0.4) is 0 Å². The number of nitrogens with zero attached hydrogens (tertiary/aromatic N) is 12. The second kappa shape index (κ2) is 46.1. The number of unbranched alkanes of at least 4 members (excludes halogenated alkanes) is 9. The lowest BCUT2D eigenvalue weighted by Gasteiger charge is -2.42. The number of rotatable bonds is 49. The molecule has 21 atom stereocenters. The van der Waals surface area contributed by atoms with Gasteiger partial charge in [-0.05, 0) is 102 Å². The van der Waals surface area contributed by atoms with Crippen LogP contribution in [0.1, 0.15) is 168 Å². The van der Waals surface area contributed by atoms with Crippen molar-refractivity contribution in [3.63, 3.8) is 0 Å². The predicted octanol–water partition coefficient (Wildman–Crippen LogP) is -4.17. The van der Waals surface area contributed by atoms with Gasteiger partial charge in [0.25, 0.3) is 0 Å². The fourth-order valence-corrected chi connectivity index (χ4v) is 14.6. The molecule has 636 valence electrons. The summed E-state index contributed by atoms with van der Waals surface area (Å²) in [5.74, 6) is -1.79. The van der Waals surface area contributed by atoms with Crippen LogP contribution in [0.4, 0.5) is 0 Å². The van der Waals surface area contributed by atoms with E-state index in [1.165, 1.54) is 20.8 Å². The molecule has 3 amide bonds. The van der Waals surface area contributed by atoms with E-state index in [0.717, 1.165) is 93.4 Å². The lowest BCUT2D eigenvalue weighted by atomic mass is 9.82. The third-order valence-corrected chi connectivity index (χ3v) is 20.8. The zero-order valence-electron chi connectivity index (χ0n) is 65.8. The molecular formula is C72H127N17O23+2. The second-order valence-corrected chi connectivity index (χ2v) is 31.1. The van der Waals surface area contributed by atoms with Crippen LogP contribution in [0.25, 0.3) is 0 Å². The van der Waals surface area contributed by atoms with Gasteiger partial charge in [0.05, 0.1) is 57.0 Å². The van der Waals surface area contributed by atoms with Gasteiger partial charge in [-0.2, -0.15) is 9.36 Å². The van der Waals surface area contributed by atoms with Crippen LogP contribution in [0.5, 0.6) is 0 Å². The molecule has 40 heteroatoms. The Morgan fingerprint density at radius 1 is 0.482 bits per heavy atom. The average molecular weight is 1600 g/mol. The molecule has 4 aliphatic rings. The molecule has 8 rings (SSSR count). The number of aliphatic hydroxyl groups is 12. The molecule has 40 nitrogen and oxygen atoms in total. The maximum absolute atomic E-state index is 12.0. The highest BCUT2D eigenvalue weighted by Gasteiger charge is 2.49. The van der Waals surface area contributed by atoms with Gasteiger partial charge in [0, 0.05) is 108 Å². The number of hydrogen-bond acceptors (Lipinski definition) is 31. The van der Waals surface area contributed by atoms with Gasteiger partial charge in [-0.25, -0.2) is 0 Å². The Kier molecular flexibility index (Phi) is 37.7. The molecule has 17 N–H and O–H groups in total. The smallest absolute Gasteiger partial charge is 0.232 e. The van der Waals surface area contributed by atoms with E-state index in [4.69, 9.17) is 48.1 Å². The summed E-state index contributed by atoms with van der Waals surface area (Å²) >= 11 is 0. The number of aliphatic hydroxyl groups excluding tert-OH is 12. The van der Waals surface area contributed by atoms with Crippen molar-refractivity contribution >= 4 is 17.7 Å². The molecule has 0 saturated carbocycles. The zero-order chi connectivity index (χ0) is 81.0. The van der Waals surface area contributed by atoms with Gasteiger partial charge in [-0.15, -0.1) is 10.2 Å². The molecule has 4 aromatic rings. The number of amides is 3. The molecule has 0 radical (unpaired) electrons. The second-order valence-electron chi connectivity index (χ2n) is 31.1. The van der Waals surface area contributed by atoms with Crippen molar-refractivity contribution in [2.24, 2.45) is 11.3 Å². The molecule has 4 aromatic heterocycles. The molecule has 4 aliphatic heterocycles. The van der Waals surface area contributed by atoms with Crippen molar-refractivity contribution in [1.82, 2.24) is 76.4 Å². The van der Waals surface area contributed by atoms with E-state index in [9.17, 15) is 75.7 Å². The van der Waals surface area contributed by atoms with Gasteiger partial charge in [0.15, 0.2) is 37.6 Å². The highest BCUT2D eigenvalue weighted by molar-refractivity contribution is 5.74. The minimum Gasteiger partial charge on any atom is -0.394 e. The Labute approximate surface area is 652 Å². The number of carbonyl (C=O) groups is 3. The number of nitrogens with one attached hydrogen (secondary N) is 5. The number of carbonyl (C=O) groups excluding carboxylic acids is 3.